The highest BCUT2D eigenvalue weighted by atomic mass is 16.5. The van der Waals surface area contributed by atoms with Crippen molar-refractivity contribution in [1.82, 2.24) is 25.3 Å². The molecule has 3 atom stereocenters. The predicted octanol–water partition coefficient (Wildman–Crippen LogP) is 4.55. The van der Waals surface area contributed by atoms with Crippen LogP contribution in [0.4, 0.5) is 0 Å². The molecule has 0 bridgehead atoms. The number of aliphatic hydroxyl groups excluding tert-OH is 1. The van der Waals surface area contributed by atoms with Crippen molar-refractivity contribution in [2.75, 3.05) is 19.6 Å². The van der Waals surface area contributed by atoms with Gasteiger partial charge in [0.25, 0.3) is 11.8 Å². The minimum absolute atomic E-state index is 0.129. The SMILES string of the molecule is CC1CC(O)N(Cc2ccc(C(=O)NCC3CC(=O)N(C4CC4)C3)cc2Oc2ccc(-c3nc(C(C)C)no3)cc2)C1. The zero-order valence-electron chi connectivity index (χ0n) is 24.5. The normalized spacial score (nSPS) is 22.7. The lowest BCUT2D eigenvalue weighted by atomic mass is 10.1. The first-order valence-corrected chi connectivity index (χ1v) is 15.0. The van der Waals surface area contributed by atoms with E-state index in [4.69, 9.17) is 9.26 Å². The number of amides is 2. The molecule has 2 aliphatic heterocycles. The van der Waals surface area contributed by atoms with Crippen molar-refractivity contribution in [3.05, 3.63) is 59.4 Å². The highest BCUT2D eigenvalue weighted by Gasteiger charge is 2.39. The number of carbonyl (C=O) groups is 2. The Morgan fingerprint density at radius 3 is 2.62 bits per heavy atom. The number of nitrogens with zero attached hydrogens (tertiary/aromatic N) is 4. The molecular formula is C32H39N5O5. The quantitative estimate of drug-likeness (QED) is 0.362. The fourth-order valence-corrected chi connectivity index (χ4v) is 5.82. The van der Waals surface area contributed by atoms with Gasteiger partial charge in [0, 0.05) is 67.2 Å². The summed E-state index contributed by atoms with van der Waals surface area (Å²) >= 11 is 0. The lowest BCUT2D eigenvalue weighted by Crippen LogP contribution is -2.32. The summed E-state index contributed by atoms with van der Waals surface area (Å²) in [6.07, 6.45) is 2.88. The van der Waals surface area contributed by atoms with Gasteiger partial charge in [-0.1, -0.05) is 32.0 Å². The molecular weight excluding hydrogens is 534 g/mol. The molecule has 1 aromatic heterocycles. The summed E-state index contributed by atoms with van der Waals surface area (Å²) in [6.45, 7) is 8.62. The van der Waals surface area contributed by atoms with E-state index in [-0.39, 0.29) is 23.7 Å². The minimum Gasteiger partial charge on any atom is -0.457 e. The van der Waals surface area contributed by atoms with Gasteiger partial charge in [0.2, 0.25) is 5.91 Å². The molecule has 10 nitrogen and oxygen atoms in total. The molecule has 10 heteroatoms. The van der Waals surface area contributed by atoms with Crippen LogP contribution in [0.1, 0.15) is 74.1 Å². The van der Waals surface area contributed by atoms with Gasteiger partial charge >= 0.3 is 0 Å². The molecule has 3 heterocycles. The van der Waals surface area contributed by atoms with Crippen LogP contribution in [0.15, 0.2) is 47.0 Å². The van der Waals surface area contributed by atoms with E-state index in [1.807, 2.05) is 54.0 Å². The van der Waals surface area contributed by atoms with E-state index >= 15 is 0 Å². The number of aliphatic hydroxyl groups is 1. The average molecular weight is 574 g/mol. The summed E-state index contributed by atoms with van der Waals surface area (Å²) in [4.78, 5) is 34.0. The van der Waals surface area contributed by atoms with Crippen LogP contribution >= 0.6 is 0 Å². The van der Waals surface area contributed by atoms with Gasteiger partial charge in [-0.15, -0.1) is 0 Å². The third kappa shape index (κ3) is 6.34. The highest BCUT2D eigenvalue weighted by molar-refractivity contribution is 5.94. The molecule has 2 N–H and O–H groups in total. The van der Waals surface area contributed by atoms with Crippen molar-refractivity contribution in [3.63, 3.8) is 0 Å². The lowest BCUT2D eigenvalue weighted by molar-refractivity contribution is -0.128. The number of likely N-dealkylation sites (tertiary alicyclic amines) is 2. The molecule has 3 aromatic rings. The maximum atomic E-state index is 13.2. The third-order valence-electron chi connectivity index (χ3n) is 8.35. The Morgan fingerprint density at radius 1 is 1.17 bits per heavy atom. The topological polar surface area (TPSA) is 121 Å². The Morgan fingerprint density at radius 2 is 1.95 bits per heavy atom. The van der Waals surface area contributed by atoms with E-state index in [0.29, 0.717) is 66.8 Å². The molecule has 0 radical (unpaired) electrons. The molecule has 222 valence electrons. The number of hydrogen-bond acceptors (Lipinski definition) is 8. The van der Waals surface area contributed by atoms with Crippen LogP contribution in [0.3, 0.4) is 0 Å². The van der Waals surface area contributed by atoms with Gasteiger partial charge in [-0.25, -0.2) is 0 Å². The minimum atomic E-state index is -0.510. The molecule has 2 amide bonds. The number of aromatic nitrogens is 2. The molecule has 1 saturated carbocycles. The highest BCUT2D eigenvalue weighted by Crippen LogP contribution is 2.34. The Hall–Kier alpha value is -3.76. The Bertz CT molecular complexity index is 1430. The second kappa shape index (κ2) is 11.9. The molecule has 3 fully saturated rings. The summed E-state index contributed by atoms with van der Waals surface area (Å²) < 4.78 is 11.8. The number of nitrogens with one attached hydrogen (secondary N) is 1. The maximum absolute atomic E-state index is 13.2. The second-order valence-electron chi connectivity index (χ2n) is 12.4. The van der Waals surface area contributed by atoms with Gasteiger partial charge in [0.1, 0.15) is 17.7 Å². The van der Waals surface area contributed by atoms with E-state index in [9.17, 15) is 14.7 Å². The molecule has 42 heavy (non-hydrogen) atoms. The van der Waals surface area contributed by atoms with Crippen molar-refractivity contribution in [1.29, 1.82) is 0 Å². The van der Waals surface area contributed by atoms with E-state index in [2.05, 4.69) is 22.4 Å². The molecule has 3 aliphatic rings. The summed E-state index contributed by atoms with van der Waals surface area (Å²) in [5, 5.41) is 17.6. The molecule has 0 spiro atoms. The molecule has 2 aromatic carbocycles. The lowest BCUT2D eigenvalue weighted by Gasteiger charge is -2.22. The molecule has 2 saturated heterocycles. The first-order chi connectivity index (χ1) is 20.2. The van der Waals surface area contributed by atoms with Crippen molar-refractivity contribution in [3.8, 4) is 23.0 Å². The van der Waals surface area contributed by atoms with Gasteiger partial charge in [-0.2, -0.15) is 4.98 Å². The number of hydrogen-bond donors (Lipinski definition) is 2. The number of ether oxygens (including phenoxy) is 1. The van der Waals surface area contributed by atoms with E-state index in [0.717, 1.165) is 36.9 Å². The van der Waals surface area contributed by atoms with Crippen molar-refractivity contribution < 1.29 is 24.0 Å². The van der Waals surface area contributed by atoms with E-state index < -0.39 is 6.23 Å². The van der Waals surface area contributed by atoms with Gasteiger partial charge in [0.15, 0.2) is 5.82 Å². The number of carbonyl (C=O) groups excluding carboxylic acids is 2. The number of benzene rings is 2. The van der Waals surface area contributed by atoms with Crippen molar-refractivity contribution >= 4 is 11.8 Å². The van der Waals surface area contributed by atoms with Crippen LogP contribution in [0, 0.1) is 11.8 Å². The largest absolute Gasteiger partial charge is 0.457 e. The van der Waals surface area contributed by atoms with E-state index in [1.54, 1.807) is 12.1 Å². The Kier molecular flexibility index (Phi) is 8.00. The molecule has 3 unspecified atom stereocenters. The third-order valence-corrected chi connectivity index (χ3v) is 8.35. The predicted molar refractivity (Wildman–Crippen MR) is 156 cm³/mol. The zero-order chi connectivity index (χ0) is 29.4. The van der Waals surface area contributed by atoms with Crippen LogP contribution < -0.4 is 10.1 Å². The van der Waals surface area contributed by atoms with Gasteiger partial charge in [0.05, 0.1) is 0 Å². The first kappa shape index (κ1) is 28.4. The van der Waals surface area contributed by atoms with Crippen LogP contribution in [0.5, 0.6) is 11.5 Å². The average Bonchev–Trinajstić information content (AvgIpc) is 3.40. The fourth-order valence-electron chi connectivity index (χ4n) is 5.82. The first-order valence-electron chi connectivity index (χ1n) is 15.0. The zero-order valence-corrected chi connectivity index (χ0v) is 24.5. The van der Waals surface area contributed by atoms with Crippen molar-refractivity contribution in [2.45, 2.75) is 71.2 Å². The molecule has 1 aliphatic carbocycles. The smallest absolute Gasteiger partial charge is 0.257 e. The summed E-state index contributed by atoms with van der Waals surface area (Å²) in [5.74, 6) is 2.95. The maximum Gasteiger partial charge on any atom is 0.257 e. The fraction of sp³-hybridized carbons (Fsp3) is 0.500. The van der Waals surface area contributed by atoms with Crippen molar-refractivity contribution in [2.24, 2.45) is 11.8 Å². The number of rotatable bonds is 10. The monoisotopic (exact) mass is 573 g/mol. The van der Waals surface area contributed by atoms with Gasteiger partial charge in [-0.05, 0) is 61.6 Å². The van der Waals surface area contributed by atoms with E-state index in [1.165, 1.54) is 0 Å². The summed E-state index contributed by atoms with van der Waals surface area (Å²) in [7, 11) is 0. The van der Waals surface area contributed by atoms with Crippen LogP contribution in [0.25, 0.3) is 11.5 Å². The summed E-state index contributed by atoms with van der Waals surface area (Å²) in [6, 6.07) is 13.3. The van der Waals surface area contributed by atoms with Crippen LogP contribution in [0.2, 0.25) is 0 Å². The van der Waals surface area contributed by atoms with Crippen LogP contribution in [-0.4, -0.2) is 68.8 Å². The summed E-state index contributed by atoms with van der Waals surface area (Å²) in [5.41, 5.74) is 2.15. The molecule has 6 rings (SSSR count). The Labute approximate surface area is 246 Å². The standard InChI is InChI=1S/C32H39N5O5/c1-19(2)30-34-32(42-35-30)22-6-10-26(11-7-22)41-27-14-23(4-5-24(27)18-36-16-20(3)12-28(36)38)31(40)33-15-21-13-29(39)37(17-21)25-8-9-25/h4-7,10-11,14,19-21,25,28,38H,8-9,12-13,15-18H2,1-3H3,(H,33,40). The second-order valence-corrected chi connectivity index (χ2v) is 12.4. The Balaban J connectivity index is 1.17. The van der Waals surface area contributed by atoms with Crippen LogP contribution in [-0.2, 0) is 11.3 Å². The van der Waals surface area contributed by atoms with Gasteiger partial charge in [-0.3, -0.25) is 14.5 Å². The van der Waals surface area contributed by atoms with Gasteiger partial charge < -0.3 is 24.6 Å².